The third-order valence-electron chi connectivity index (χ3n) is 4.95. The van der Waals surface area contributed by atoms with Gasteiger partial charge in [-0.2, -0.15) is 10.2 Å². The molecule has 0 radical (unpaired) electrons. The average Bonchev–Trinajstić information content (AvgIpc) is 2.83. The van der Waals surface area contributed by atoms with Crippen molar-refractivity contribution >= 4 is 0 Å². The van der Waals surface area contributed by atoms with Crippen LogP contribution in [0.4, 0.5) is 0 Å². The molecule has 0 saturated heterocycles. The zero-order chi connectivity index (χ0) is 16.1. The van der Waals surface area contributed by atoms with Crippen LogP contribution in [0.1, 0.15) is 64.6 Å². The molecule has 1 aliphatic rings. The van der Waals surface area contributed by atoms with Crippen LogP contribution in [0.3, 0.4) is 0 Å². The van der Waals surface area contributed by atoms with Crippen molar-refractivity contribution in [1.82, 2.24) is 19.6 Å². The lowest BCUT2D eigenvalue weighted by Gasteiger charge is -2.23. The molecule has 2 unspecified atom stereocenters. The maximum atomic E-state index is 4.60. The zero-order valence-corrected chi connectivity index (χ0v) is 14.7. The van der Waals surface area contributed by atoms with Gasteiger partial charge in [0, 0.05) is 19.4 Å². The summed E-state index contributed by atoms with van der Waals surface area (Å²) in [7, 11) is 1.98. The number of rotatable bonds is 4. The largest absolute Gasteiger partial charge is 0.276 e. The molecule has 2 aromatic rings. The second kappa shape index (κ2) is 4.97. The van der Waals surface area contributed by atoms with Crippen molar-refractivity contribution in [1.29, 1.82) is 0 Å². The van der Waals surface area contributed by atoms with Crippen LogP contribution >= 0.6 is 0 Å². The number of aromatic nitrogens is 4. The van der Waals surface area contributed by atoms with Crippen LogP contribution in [-0.4, -0.2) is 19.6 Å². The van der Waals surface area contributed by atoms with E-state index < -0.39 is 0 Å². The Morgan fingerprint density at radius 3 is 2.27 bits per heavy atom. The fourth-order valence-corrected chi connectivity index (χ4v) is 3.23. The highest BCUT2D eigenvalue weighted by Crippen LogP contribution is 2.50. The minimum absolute atomic E-state index is 0.174. The van der Waals surface area contributed by atoms with Crippen molar-refractivity contribution in [3.8, 4) is 0 Å². The van der Waals surface area contributed by atoms with Gasteiger partial charge in [-0.05, 0) is 40.7 Å². The Morgan fingerprint density at radius 1 is 1.05 bits per heavy atom. The van der Waals surface area contributed by atoms with E-state index in [1.807, 2.05) is 24.1 Å². The van der Waals surface area contributed by atoms with E-state index in [1.165, 1.54) is 24.0 Å². The molecule has 0 aromatic carbocycles. The third-order valence-corrected chi connectivity index (χ3v) is 4.95. The molecule has 3 rings (SSSR count). The Bertz CT molecular complexity index is 657. The van der Waals surface area contributed by atoms with Crippen molar-refractivity contribution < 1.29 is 0 Å². The van der Waals surface area contributed by atoms with E-state index in [0.717, 1.165) is 5.92 Å². The summed E-state index contributed by atoms with van der Waals surface area (Å²) >= 11 is 0. The highest BCUT2D eigenvalue weighted by atomic mass is 15.3. The molecule has 0 spiro atoms. The second-order valence-corrected chi connectivity index (χ2v) is 8.51. The van der Waals surface area contributed by atoms with Crippen LogP contribution in [0.25, 0.3) is 0 Å². The maximum absolute atomic E-state index is 4.60. The van der Waals surface area contributed by atoms with Crippen LogP contribution in [0, 0.1) is 5.92 Å². The van der Waals surface area contributed by atoms with Gasteiger partial charge in [-0.3, -0.25) is 9.36 Å². The molecule has 2 atom stereocenters. The van der Waals surface area contributed by atoms with Gasteiger partial charge in [0.25, 0.3) is 0 Å². The highest BCUT2D eigenvalue weighted by molar-refractivity contribution is 5.19. The van der Waals surface area contributed by atoms with Gasteiger partial charge in [0.1, 0.15) is 0 Å². The average molecular weight is 300 g/mol. The number of nitrogens with zero attached hydrogens (tertiary/aromatic N) is 4. The normalized spacial score (nSPS) is 22.1. The summed E-state index contributed by atoms with van der Waals surface area (Å²) in [5.74, 6) is 0.725. The monoisotopic (exact) mass is 300 g/mol. The minimum Gasteiger partial charge on any atom is -0.276 e. The van der Waals surface area contributed by atoms with Crippen molar-refractivity contribution in [3.05, 3.63) is 35.9 Å². The smallest absolute Gasteiger partial charge is 0.0552 e. The van der Waals surface area contributed by atoms with Gasteiger partial charge in [-0.15, -0.1) is 0 Å². The standard InChI is InChI=1S/C18H28N4/c1-17(2,3)14-9-20-22(12-14)16-7-13(16)8-18(4,5)15-10-19-21(6)11-15/h9-13,16H,7-8H2,1-6H3. The van der Waals surface area contributed by atoms with Gasteiger partial charge in [0.05, 0.1) is 18.4 Å². The lowest BCUT2D eigenvalue weighted by Crippen LogP contribution is -2.18. The molecule has 1 saturated carbocycles. The van der Waals surface area contributed by atoms with Gasteiger partial charge in [-0.25, -0.2) is 0 Å². The SMILES string of the molecule is Cn1cc(C(C)(C)CC2CC2n2cc(C(C)(C)C)cn2)cn1. The van der Waals surface area contributed by atoms with Gasteiger partial charge < -0.3 is 0 Å². The molecular weight excluding hydrogens is 272 g/mol. The van der Waals surface area contributed by atoms with E-state index in [9.17, 15) is 0 Å². The Hall–Kier alpha value is -1.58. The zero-order valence-electron chi connectivity index (χ0n) is 14.7. The molecule has 22 heavy (non-hydrogen) atoms. The lowest BCUT2D eigenvalue weighted by atomic mass is 9.81. The number of hydrogen-bond acceptors (Lipinski definition) is 2. The predicted molar refractivity (Wildman–Crippen MR) is 88.9 cm³/mol. The first-order valence-electron chi connectivity index (χ1n) is 8.20. The molecule has 2 aromatic heterocycles. The summed E-state index contributed by atoms with van der Waals surface area (Å²) in [5.41, 5.74) is 3.01. The van der Waals surface area contributed by atoms with Crippen molar-refractivity contribution in [3.63, 3.8) is 0 Å². The Labute approximate surface area is 133 Å². The summed E-state index contributed by atoms with van der Waals surface area (Å²) in [6.45, 7) is 11.4. The van der Waals surface area contributed by atoms with Crippen LogP contribution in [0.15, 0.2) is 24.8 Å². The van der Waals surface area contributed by atoms with Gasteiger partial charge >= 0.3 is 0 Å². The molecule has 4 nitrogen and oxygen atoms in total. The minimum atomic E-state index is 0.174. The molecule has 1 aliphatic carbocycles. The molecule has 0 bridgehead atoms. The Morgan fingerprint density at radius 2 is 1.73 bits per heavy atom. The predicted octanol–water partition coefficient (Wildman–Crippen LogP) is 3.84. The number of aryl methyl sites for hydroxylation is 1. The fraction of sp³-hybridized carbons (Fsp3) is 0.667. The molecule has 4 heteroatoms. The second-order valence-electron chi connectivity index (χ2n) is 8.51. The van der Waals surface area contributed by atoms with E-state index >= 15 is 0 Å². The molecule has 0 aliphatic heterocycles. The molecular formula is C18H28N4. The van der Waals surface area contributed by atoms with Crippen molar-refractivity contribution in [2.45, 2.75) is 64.3 Å². The van der Waals surface area contributed by atoms with Crippen LogP contribution in [-0.2, 0) is 17.9 Å². The summed E-state index contributed by atoms with van der Waals surface area (Å²) < 4.78 is 4.08. The highest BCUT2D eigenvalue weighted by Gasteiger charge is 2.43. The third kappa shape index (κ3) is 2.96. The summed E-state index contributed by atoms with van der Waals surface area (Å²) in [6.07, 6.45) is 10.8. The Kier molecular flexibility index (Phi) is 3.46. The van der Waals surface area contributed by atoms with E-state index in [4.69, 9.17) is 0 Å². The van der Waals surface area contributed by atoms with E-state index in [-0.39, 0.29) is 10.8 Å². The topological polar surface area (TPSA) is 35.6 Å². The fourth-order valence-electron chi connectivity index (χ4n) is 3.23. The van der Waals surface area contributed by atoms with Crippen LogP contribution in [0.2, 0.25) is 0 Å². The lowest BCUT2D eigenvalue weighted by molar-refractivity contribution is 0.422. The quantitative estimate of drug-likeness (QED) is 0.860. The van der Waals surface area contributed by atoms with E-state index in [0.29, 0.717) is 6.04 Å². The van der Waals surface area contributed by atoms with Gasteiger partial charge in [0.15, 0.2) is 0 Å². The number of hydrogen-bond donors (Lipinski definition) is 0. The molecule has 0 amide bonds. The van der Waals surface area contributed by atoms with Crippen LogP contribution < -0.4 is 0 Å². The summed E-state index contributed by atoms with van der Waals surface area (Å²) in [6, 6.07) is 0.576. The summed E-state index contributed by atoms with van der Waals surface area (Å²) in [4.78, 5) is 0. The first-order valence-corrected chi connectivity index (χ1v) is 8.20. The molecule has 0 N–H and O–H groups in total. The van der Waals surface area contributed by atoms with Crippen LogP contribution in [0.5, 0.6) is 0 Å². The molecule has 1 fully saturated rings. The molecule has 120 valence electrons. The van der Waals surface area contributed by atoms with E-state index in [2.05, 4.69) is 61.9 Å². The van der Waals surface area contributed by atoms with Gasteiger partial charge in [0.2, 0.25) is 0 Å². The maximum Gasteiger partial charge on any atom is 0.0552 e. The Balaban J connectivity index is 1.66. The first kappa shape index (κ1) is 15.3. The van der Waals surface area contributed by atoms with Crippen molar-refractivity contribution in [2.75, 3.05) is 0 Å². The van der Waals surface area contributed by atoms with Gasteiger partial charge in [-0.1, -0.05) is 34.6 Å². The summed E-state index contributed by atoms with van der Waals surface area (Å²) in [5, 5.41) is 8.92. The first-order chi connectivity index (χ1) is 10.2. The molecule has 2 heterocycles. The van der Waals surface area contributed by atoms with E-state index in [1.54, 1.807) is 0 Å². The van der Waals surface area contributed by atoms with Crippen molar-refractivity contribution in [2.24, 2.45) is 13.0 Å².